The van der Waals surface area contributed by atoms with Gasteiger partial charge in [-0.25, -0.2) is 0 Å². The van der Waals surface area contributed by atoms with Gasteiger partial charge in [0.15, 0.2) is 0 Å². The molecule has 3 heteroatoms. The maximum Gasteiger partial charge on any atom is 0.0397 e. The van der Waals surface area contributed by atoms with Crippen molar-refractivity contribution in [3.8, 4) is 0 Å². The molecule has 1 N–H and O–H groups in total. The zero-order valence-corrected chi connectivity index (χ0v) is 10.9. The number of hydrogen-bond acceptors (Lipinski definition) is 3. The van der Waals surface area contributed by atoms with Crippen molar-refractivity contribution in [1.29, 1.82) is 0 Å². The fourth-order valence-electron chi connectivity index (χ4n) is 2.42. The molecule has 1 aliphatic rings. The van der Waals surface area contributed by atoms with E-state index in [2.05, 4.69) is 41.2 Å². The molecule has 0 spiro atoms. The van der Waals surface area contributed by atoms with Gasteiger partial charge in [0.05, 0.1) is 0 Å². The molecular weight excluding hydrogens is 210 g/mol. The van der Waals surface area contributed by atoms with Crippen LogP contribution in [0.3, 0.4) is 0 Å². The minimum atomic E-state index is 0.589. The summed E-state index contributed by atoms with van der Waals surface area (Å²) in [7, 11) is 0. The summed E-state index contributed by atoms with van der Waals surface area (Å²) in [5.74, 6) is 0.777. The van der Waals surface area contributed by atoms with Crippen LogP contribution in [-0.2, 0) is 0 Å². The standard InChI is InChI=1S/C14H23N3/c1-12(2)16-10-13-4-3-9-17(11-13)14-5-7-15-8-6-14/h5-8,12-13,16H,3-4,9-11H2,1-2H3. The van der Waals surface area contributed by atoms with Gasteiger partial charge < -0.3 is 10.2 Å². The lowest BCUT2D eigenvalue weighted by Crippen LogP contribution is -2.41. The Morgan fingerprint density at radius 1 is 1.41 bits per heavy atom. The van der Waals surface area contributed by atoms with Crippen molar-refractivity contribution in [1.82, 2.24) is 10.3 Å². The molecule has 0 saturated carbocycles. The van der Waals surface area contributed by atoms with Crippen LogP contribution in [0.5, 0.6) is 0 Å². The molecule has 0 aromatic carbocycles. The number of nitrogens with one attached hydrogen (secondary N) is 1. The molecule has 2 heterocycles. The number of piperidine rings is 1. The molecule has 1 aromatic rings. The number of aromatic nitrogens is 1. The first kappa shape index (κ1) is 12.4. The van der Waals surface area contributed by atoms with E-state index < -0.39 is 0 Å². The predicted octanol–water partition coefficient (Wildman–Crippen LogP) is 2.30. The Hall–Kier alpha value is -1.09. The van der Waals surface area contributed by atoms with Crippen LogP contribution in [0.2, 0.25) is 0 Å². The Bertz CT molecular complexity index is 323. The summed E-state index contributed by atoms with van der Waals surface area (Å²) >= 11 is 0. The second-order valence-corrected chi connectivity index (χ2v) is 5.22. The minimum absolute atomic E-state index is 0.589. The highest BCUT2D eigenvalue weighted by Crippen LogP contribution is 2.22. The number of nitrogens with zero attached hydrogens (tertiary/aromatic N) is 2. The Morgan fingerprint density at radius 3 is 2.88 bits per heavy atom. The van der Waals surface area contributed by atoms with Crippen LogP contribution in [0.25, 0.3) is 0 Å². The highest BCUT2D eigenvalue weighted by molar-refractivity contribution is 5.44. The Labute approximate surface area is 104 Å². The van der Waals surface area contributed by atoms with E-state index in [1.807, 2.05) is 12.4 Å². The van der Waals surface area contributed by atoms with Crippen molar-refractivity contribution in [2.24, 2.45) is 5.92 Å². The monoisotopic (exact) mass is 233 g/mol. The van der Waals surface area contributed by atoms with E-state index in [1.54, 1.807) is 0 Å². The van der Waals surface area contributed by atoms with Gasteiger partial charge in [-0.2, -0.15) is 0 Å². The molecular formula is C14H23N3. The summed E-state index contributed by atoms with van der Waals surface area (Å²) in [4.78, 5) is 6.56. The molecule has 1 fully saturated rings. The van der Waals surface area contributed by atoms with Crippen molar-refractivity contribution in [2.75, 3.05) is 24.5 Å². The lowest BCUT2D eigenvalue weighted by molar-refractivity contribution is 0.379. The fraction of sp³-hybridized carbons (Fsp3) is 0.643. The average Bonchev–Trinajstić information content (AvgIpc) is 2.38. The third-order valence-electron chi connectivity index (χ3n) is 3.36. The Morgan fingerprint density at radius 2 is 2.18 bits per heavy atom. The molecule has 1 aromatic heterocycles. The first-order valence-corrected chi connectivity index (χ1v) is 6.64. The van der Waals surface area contributed by atoms with Crippen LogP contribution >= 0.6 is 0 Å². The quantitative estimate of drug-likeness (QED) is 0.865. The second-order valence-electron chi connectivity index (χ2n) is 5.22. The Kier molecular flexibility index (Phi) is 4.37. The van der Waals surface area contributed by atoms with Gasteiger partial charge in [0.25, 0.3) is 0 Å². The van der Waals surface area contributed by atoms with E-state index in [4.69, 9.17) is 0 Å². The number of rotatable bonds is 4. The van der Waals surface area contributed by atoms with Crippen molar-refractivity contribution in [3.63, 3.8) is 0 Å². The summed E-state index contributed by atoms with van der Waals surface area (Å²) in [6, 6.07) is 4.81. The van der Waals surface area contributed by atoms with Crippen molar-refractivity contribution < 1.29 is 0 Å². The molecule has 0 amide bonds. The lowest BCUT2D eigenvalue weighted by atomic mass is 9.97. The molecule has 17 heavy (non-hydrogen) atoms. The van der Waals surface area contributed by atoms with Gasteiger partial charge in [-0.05, 0) is 37.4 Å². The summed E-state index contributed by atoms with van der Waals surface area (Å²) < 4.78 is 0. The van der Waals surface area contributed by atoms with Crippen LogP contribution < -0.4 is 10.2 Å². The van der Waals surface area contributed by atoms with E-state index in [-0.39, 0.29) is 0 Å². The van der Waals surface area contributed by atoms with Gasteiger partial charge in [-0.15, -0.1) is 0 Å². The van der Waals surface area contributed by atoms with Crippen molar-refractivity contribution >= 4 is 5.69 Å². The average molecular weight is 233 g/mol. The molecule has 3 nitrogen and oxygen atoms in total. The van der Waals surface area contributed by atoms with Crippen LogP contribution in [-0.4, -0.2) is 30.7 Å². The molecule has 1 aliphatic heterocycles. The highest BCUT2D eigenvalue weighted by Gasteiger charge is 2.19. The van der Waals surface area contributed by atoms with Crippen molar-refractivity contribution in [3.05, 3.63) is 24.5 Å². The summed E-state index contributed by atoms with van der Waals surface area (Å²) in [6.07, 6.45) is 6.41. The first-order chi connectivity index (χ1) is 8.25. The molecule has 1 atom stereocenters. The van der Waals surface area contributed by atoms with Gasteiger partial charge >= 0.3 is 0 Å². The van der Waals surface area contributed by atoms with Gasteiger partial charge in [-0.1, -0.05) is 13.8 Å². The van der Waals surface area contributed by atoms with E-state index in [1.165, 1.54) is 31.6 Å². The zero-order valence-electron chi connectivity index (χ0n) is 10.9. The largest absolute Gasteiger partial charge is 0.371 e. The third-order valence-corrected chi connectivity index (χ3v) is 3.36. The smallest absolute Gasteiger partial charge is 0.0397 e. The van der Waals surface area contributed by atoms with Gasteiger partial charge in [0.1, 0.15) is 0 Å². The van der Waals surface area contributed by atoms with Gasteiger partial charge in [-0.3, -0.25) is 4.98 Å². The predicted molar refractivity (Wildman–Crippen MR) is 72.3 cm³/mol. The number of anilines is 1. The van der Waals surface area contributed by atoms with Crippen molar-refractivity contribution in [2.45, 2.75) is 32.7 Å². The molecule has 94 valence electrons. The number of pyridine rings is 1. The summed E-state index contributed by atoms with van der Waals surface area (Å²) in [6.45, 7) is 7.91. The molecule has 0 radical (unpaired) electrons. The number of hydrogen-bond donors (Lipinski definition) is 1. The maximum absolute atomic E-state index is 4.08. The normalized spacial score (nSPS) is 20.9. The first-order valence-electron chi connectivity index (χ1n) is 6.64. The third kappa shape index (κ3) is 3.70. The highest BCUT2D eigenvalue weighted by atomic mass is 15.1. The SMILES string of the molecule is CC(C)NCC1CCCN(c2ccncc2)C1. The fourth-order valence-corrected chi connectivity index (χ4v) is 2.42. The van der Waals surface area contributed by atoms with Crippen LogP contribution in [0.1, 0.15) is 26.7 Å². The van der Waals surface area contributed by atoms with E-state index >= 15 is 0 Å². The molecule has 1 unspecified atom stereocenters. The second kappa shape index (κ2) is 6.01. The van der Waals surface area contributed by atoms with Crippen LogP contribution in [0.15, 0.2) is 24.5 Å². The van der Waals surface area contributed by atoms with Gasteiger partial charge in [0.2, 0.25) is 0 Å². The van der Waals surface area contributed by atoms with E-state index in [0.717, 1.165) is 12.5 Å². The lowest BCUT2D eigenvalue weighted by Gasteiger charge is -2.34. The molecule has 1 saturated heterocycles. The molecule has 0 bridgehead atoms. The van der Waals surface area contributed by atoms with Crippen LogP contribution in [0, 0.1) is 5.92 Å². The topological polar surface area (TPSA) is 28.2 Å². The van der Waals surface area contributed by atoms with E-state index in [0.29, 0.717) is 6.04 Å². The Balaban J connectivity index is 1.89. The minimum Gasteiger partial charge on any atom is -0.371 e. The maximum atomic E-state index is 4.08. The molecule has 0 aliphatic carbocycles. The zero-order chi connectivity index (χ0) is 12.1. The summed E-state index contributed by atoms with van der Waals surface area (Å²) in [5, 5.41) is 3.55. The molecule has 2 rings (SSSR count). The van der Waals surface area contributed by atoms with Gasteiger partial charge in [0, 0.05) is 37.2 Å². The van der Waals surface area contributed by atoms with E-state index in [9.17, 15) is 0 Å². The van der Waals surface area contributed by atoms with Crippen LogP contribution in [0.4, 0.5) is 5.69 Å². The summed E-state index contributed by atoms with van der Waals surface area (Å²) in [5.41, 5.74) is 1.31.